The summed E-state index contributed by atoms with van der Waals surface area (Å²) < 4.78 is 31.6. The molecular formula is C32H20FeN8O4S. The Balaban J connectivity index is 0.000000526. The first-order chi connectivity index (χ1) is 21.8. The second-order valence-corrected chi connectivity index (χ2v) is 11.1. The van der Waals surface area contributed by atoms with Crippen LogP contribution in [0.15, 0.2) is 97.1 Å². The third-order valence-corrected chi connectivity index (χ3v) is 7.46. The molecule has 4 aromatic carbocycles. The molecule has 0 unspecified atom stereocenters. The number of aromatic nitrogens is 8. The summed E-state index contributed by atoms with van der Waals surface area (Å²) in [7, 11) is -4.67. The predicted molar refractivity (Wildman–Crippen MR) is 170 cm³/mol. The molecule has 8 bridgehead atoms. The molecule has 0 saturated carbocycles. The molecule has 46 heavy (non-hydrogen) atoms. The molecule has 2 aliphatic rings. The average molecular weight is 668 g/mol. The van der Waals surface area contributed by atoms with Crippen molar-refractivity contribution in [1.82, 2.24) is 39.9 Å². The van der Waals surface area contributed by atoms with Gasteiger partial charge in [0.1, 0.15) is 22.6 Å². The van der Waals surface area contributed by atoms with Gasteiger partial charge < -0.3 is 9.97 Å². The van der Waals surface area contributed by atoms with Crippen LogP contribution in [0.5, 0.6) is 0 Å². The Kier molecular flexibility index (Phi) is 7.15. The first-order valence-electron chi connectivity index (χ1n) is 13.7. The molecule has 0 radical (unpaired) electrons. The van der Waals surface area contributed by atoms with E-state index in [0.717, 1.165) is 43.8 Å². The van der Waals surface area contributed by atoms with E-state index in [2.05, 4.69) is 9.97 Å². The predicted octanol–water partition coefficient (Wildman–Crippen LogP) is 6.21. The molecule has 0 aliphatic carbocycles. The number of benzene rings is 4. The summed E-state index contributed by atoms with van der Waals surface area (Å²) in [6.45, 7) is 0. The fourth-order valence-electron chi connectivity index (χ4n) is 5.59. The van der Waals surface area contributed by atoms with Gasteiger partial charge in [-0.25, -0.2) is 29.9 Å². The minimum Gasteiger partial charge on any atom is -0.324 e. The summed E-state index contributed by atoms with van der Waals surface area (Å²) in [6.07, 6.45) is 0. The third-order valence-electron chi connectivity index (χ3n) is 7.46. The molecule has 3 aromatic heterocycles. The summed E-state index contributed by atoms with van der Waals surface area (Å²) in [5.41, 5.74) is 6.45. The van der Waals surface area contributed by atoms with Crippen LogP contribution >= 0.6 is 0 Å². The normalized spacial score (nSPS) is 11.7. The number of fused-ring (bicyclic) bond motifs is 20. The van der Waals surface area contributed by atoms with Gasteiger partial charge in [0.15, 0.2) is 23.3 Å². The Bertz CT molecular complexity index is 2290. The summed E-state index contributed by atoms with van der Waals surface area (Å²) in [4.78, 5) is 36.8. The number of nitrogens with zero attached hydrogens (tertiary/aromatic N) is 6. The van der Waals surface area contributed by atoms with Crippen molar-refractivity contribution in [3.8, 4) is 45.6 Å². The molecule has 226 valence electrons. The molecule has 9 rings (SSSR count). The Morgan fingerprint density at radius 3 is 0.870 bits per heavy atom. The molecule has 5 heterocycles. The number of nitrogens with one attached hydrogen (secondary N) is 2. The quantitative estimate of drug-likeness (QED) is 0.107. The second-order valence-electron chi connectivity index (χ2n) is 10.2. The van der Waals surface area contributed by atoms with Gasteiger partial charge in [-0.2, -0.15) is 8.42 Å². The fourth-order valence-corrected chi connectivity index (χ4v) is 5.59. The van der Waals surface area contributed by atoms with Gasteiger partial charge in [0.05, 0.1) is 0 Å². The van der Waals surface area contributed by atoms with E-state index < -0.39 is 10.4 Å². The number of H-pyrrole nitrogens is 2. The second kappa shape index (κ2) is 11.2. The molecule has 7 aromatic rings. The van der Waals surface area contributed by atoms with Gasteiger partial charge in [-0.3, -0.25) is 9.11 Å². The Morgan fingerprint density at radius 1 is 0.413 bits per heavy atom. The van der Waals surface area contributed by atoms with Crippen molar-refractivity contribution in [3.05, 3.63) is 97.1 Å². The minimum absolute atomic E-state index is 0. The van der Waals surface area contributed by atoms with Crippen molar-refractivity contribution >= 4 is 54.5 Å². The molecule has 14 heteroatoms. The van der Waals surface area contributed by atoms with Crippen LogP contribution in [-0.4, -0.2) is 57.4 Å². The van der Waals surface area contributed by atoms with Crippen molar-refractivity contribution < 1.29 is 34.6 Å². The van der Waals surface area contributed by atoms with Gasteiger partial charge >= 0.3 is 10.4 Å². The van der Waals surface area contributed by atoms with E-state index in [4.69, 9.17) is 47.4 Å². The van der Waals surface area contributed by atoms with E-state index in [0.29, 0.717) is 45.9 Å². The van der Waals surface area contributed by atoms with Gasteiger partial charge in [0.2, 0.25) is 0 Å². The maximum atomic E-state index is 8.74. The molecule has 2 aliphatic heterocycles. The first kappa shape index (κ1) is 29.3. The van der Waals surface area contributed by atoms with E-state index in [1.807, 2.05) is 97.1 Å². The largest absolute Gasteiger partial charge is 0.394 e. The van der Waals surface area contributed by atoms with Crippen molar-refractivity contribution in [1.29, 1.82) is 0 Å². The van der Waals surface area contributed by atoms with Crippen molar-refractivity contribution in [2.75, 3.05) is 0 Å². The van der Waals surface area contributed by atoms with E-state index in [-0.39, 0.29) is 17.1 Å². The Morgan fingerprint density at radius 2 is 0.630 bits per heavy atom. The minimum atomic E-state index is -4.67. The number of rotatable bonds is 0. The zero-order valence-corrected chi connectivity index (χ0v) is 25.3. The number of hydrogen-bond acceptors (Lipinski definition) is 8. The fraction of sp³-hybridized carbons (Fsp3) is 0. The van der Waals surface area contributed by atoms with Crippen LogP contribution in [0.4, 0.5) is 0 Å². The van der Waals surface area contributed by atoms with Gasteiger partial charge in [-0.1, -0.05) is 97.1 Å². The van der Waals surface area contributed by atoms with Gasteiger partial charge in [-0.05, 0) is 0 Å². The van der Waals surface area contributed by atoms with Crippen molar-refractivity contribution in [3.63, 3.8) is 0 Å². The van der Waals surface area contributed by atoms with Gasteiger partial charge in [0.25, 0.3) is 0 Å². The van der Waals surface area contributed by atoms with Crippen LogP contribution in [0.3, 0.4) is 0 Å². The molecule has 4 N–H and O–H groups in total. The monoisotopic (exact) mass is 668 g/mol. The van der Waals surface area contributed by atoms with Crippen molar-refractivity contribution in [2.45, 2.75) is 0 Å². The third kappa shape index (κ3) is 5.19. The van der Waals surface area contributed by atoms with Crippen LogP contribution in [-0.2, 0) is 27.5 Å². The van der Waals surface area contributed by atoms with Crippen LogP contribution < -0.4 is 0 Å². The van der Waals surface area contributed by atoms with Gasteiger partial charge in [0, 0.05) is 60.9 Å². The summed E-state index contributed by atoms with van der Waals surface area (Å²) >= 11 is 0. The SMILES string of the molecule is O=S(=O)(O)O.[Fe].c1ccc2c(c1)-c1nc-2nc2[nH]c(nc3nc(nc4[nH]c(n1)c1ccccc41)-c1ccccc1-3)c1ccccc21. The van der Waals surface area contributed by atoms with Crippen LogP contribution in [0.2, 0.25) is 0 Å². The van der Waals surface area contributed by atoms with Crippen molar-refractivity contribution in [2.24, 2.45) is 0 Å². The van der Waals surface area contributed by atoms with Gasteiger partial charge in [-0.15, -0.1) is 0 Å². The summed E-state index contributed by atoms with van der Waals surface area (Å²) in [6, 6.07) is 32.2. The maximum Gasteiger partial charge on any atom is 0.394 e. The topological polar surface area (TPSA) is 184 Å². The molecule has 0 fully saturated rings. The van der Waals surface area contributed by atoms with E-state index >= 15 is 0 Å². The Hall–Kier alpha value is -5.37. The van der Waals surface area contributed by atoms with E-state index in [1.165, 1.54) is 0 Å². The number of hydrogen-bond donors (Lipinski definition) is 4. The van der Waals surface area contributed by atoms with Crippen LogP contribution in [0.25, 0.3) is 89.7 Å². The average Bonchev–Trinajstić information content (AvgIpc) is 3.76. The first-order valence-corrected chi connectivity index (χ1v) is 15.1. The molecule has 0 spiro atoms. The standard InChI is InChI=1S/C32H18N8.Fe.H2O4S/c1-2-10-18-17(9-1)25-33-26(18)38-28-21-13-5-6-14-22(21)30(35-28)40-32-24-16-8-7-15-23(24)31(36-32)39-29-20-12-4-3-11-19(20)27(34-29)37-25;;1-5(2,3)4/h1-16H,(H2,33,34,35,36,37,38,39,40);;(H2,1,2,3,4). The zero-order chi connectivity index (χ0) is 30.7. The summed E-state index contributed by atoms with van der Waals surface area (Å²) in [5, 5.41) is 3.82. The molecule has 12 nitrogen and oxygen atoms in total. The Labute approximate surface area is 270 Å². The van der Waals surface area contributed by atoms with E-state index in [1.54, 1.807) is 0 Å². The zero-order valence-electron chi connectivity index (χ0n) is 23.4. The smallest absolute Gasteiger partial charge is 0.324 e. The van der Waals surface area contributed by atoms with E-state index in [9.17, 15) is 0 Å². The molecule has 0 atom stereocenters. The summed E-state index contributed by atoms with van der Waals surface area (Å²) in [5.74, 6) is 2.39. The number of aromatic amines is 2. The van der Waals surface area contributed by atoms with Crippen LogP contribution in [0.1, 0.15) is 0 Å². The molecular weight excluding hydrogens is 648 g/mol. The molecule has 0 saturated heterocycles. The molecule has 0 amide bonds. The van der Waals surface area contributed by atoms with Crippen LogP contribution in [0, 0.1) is 0 Å². The maximum absolute atomic E-state index is 8.74.